The zero-order valence-electron chi connectivity index (χ0n) is 13.1. The maximum absolute atomic E-state index is 12.9. The van der Waals surface area contributed by atoms with E-state index in [0.29, 0.717) is 29.3 Å². The molecule has 1 aromatic rings. The number of hydrogen-bond acceptors (Lipinski definition) is 4. The summed E-state index contributed by atoms with van der Waals surface area (Å²) in [6.07, 6.45) is 8.08. The average Bonchev–Trinajstić information content (AvgIpc) is 2.82. The van der Waals surface area contributed by atoms with E-state index in [0.717, 1.165) is 12.5 Å². The molecule has 1 aromatic carbocycles. The summed E-state index contributed by atoms with van der Waals surface area (Å²) in [6.45, 7) is 0. The van der Waals surface area contributed by atoms with Crippen molar-refractivity contribution in [2.24, 2.45) is 16.1 Å². The van der Waals surface area contributed by atoms with Crippen molar-refractivity contribution < 1.29 is 14.0 Å². The van der Waals surface area contributed by atoms with Crippen LogP contribution in [0.2, 0.25) is 0 Å². The van der Waals surface area contributed by atoms with Crippen LogP contribution in [0, 0.1) is 17.0 Å². The SMILES string of the molecule is NC1=N[C@H](c2cc(F)cc(F)c2)CC1.ONC1CC2(CCC2)C1. The van der Waals surface area contributed by atoms with Crippen molar-refractivity contribution in [3.8, 4) is 0 Å². The highest BCUT2D eigenvalue weighted by molar-refractivity contribution is 5.82. The second kappa shape index (κ2) is 6.53. The van der Waals surface area contributed by atoms with E-state index < -0.39 is 11.6 Å². The molecule has 1 atom stereocenters. The van der Waals surface area contributed by atoms with Crippen LogP contribution >= 0.6 is 0 Å². The molecular weight excluding hydrogens is 300 g/mol. The van der Waals surface area contributed by atoms with Crippen molar-refractivity contribution in [2.45, 2.75) is 57.0 Å². The molecule has 0 aromatic heterocycles. The fourth-order valence-electron chi connectivity index (χ4n) is 3.78. The standard InChI is InChI=1S/C10H10F2N2.C7H13NO/c11-7-3-6(4-8(12)5-7)9-1-2-10(13)14-9;9-8-6-4-7(5-6)2-1-3-7/h3-5,9H,1-2H2,(H2,13,14);6,8-9H,1-5H2/t9-;/m0./s1. The minimum atomic E-state index is -0.569. The van der Waals surface area contributed by atoms with Gasteiger partial charge in [-0.25, -0.2) is 14.3 Å². The Hall–Kier alpha value is -1.53. The summed E-state index contributed by atoms with van der Waals surface area (Å²) < 4.78 is 25.7. The van der Waals surface area contributed by atoms with Crippen LogP contribution in [-0.2, 0) is 0 Å². The summed E-state index contributed by atoms with van der Waals surface area (Å²) in [5, 5.41) is 8.49. The Morgan fingerprint density at radius 1 is 1.17 bits per heavy atom. The predicted octanol–water partition coefficient (Wildman–Crippen LogP) is 3.45. The second-order valence-electron chi connectivity index (χ2n) is 6.97. The van der Waals surface area contributed by atoms with E-state index in [1.54, 1.807) is 0 Å². The van der Waals surface area contributed by atoms with E-state index in [2.05, 4.69) is 10.5 Å². The van der Waals surface area contributed by atoms with Gasteiger partial charge in [0.2, 0.25) is 0 Å². The van der Waals surface area contributed by atoms with Gasteiger partial charge in [-0.1, -0.05) is 6.42 Å². The Bertz CT molecular complexity index is 573. The van der Waals surface area contributed by atoms with Crippen LogP contribution in [0.4, 0.5) is 8.78 Å². The number of hydroxylamine groups is 1. The largest absolute Gasteiger partial charge is 0.387 e. The minimum absolute atomic E-state index is 0.180. The number of benzene rings is 1. The molecule has 0 radical (unpaired) electrons. The maximum Gasteiger partial charge on any atom is 0.126 e. The summed E-state index contributed by atoms with van der Waals surface area (Å²) in [5.41, 5.74) is 9.08. The third-order valence-electron chi connectivity index (χ3n) is 5.22. The molecule has 0 saturated heterocycles. The van der Waals surface area contributed by atoms with Gasteiger partial charge in [0, 0.05) is 18.5 Å². The molecular formula is C17H23F2N3O. The molecule has 0 amide bonds. The third-order valence-corrected chi connectivity index (χ3v) is 5.22. The maximum atomic E-state index is 12.9. The van der Waals surface area contributed by atoms with Crippen LogP contribution in [0.25, 0.3) is 0 Å². The number of nitrogens with two attached hydrogens (primary N) is 1. The zero-order valence-corrected chi connectivity index (χ0v) is 13.1. The van der Waals surface area contributed by atoms with Gasteiger partial charge < -0.3 is 10.9 Å². The first-order valence-corrected chi connectivity index (χ1v) is 8.17. The van der Waals surface area contributed by atoms with E-state index in [1.165, 1.54) is 44.2 Å². The molecule has 1 spiro atoms. The lowest BCUT2D eigenvalue weighted by Crippen LogP contribution is -2.51. The van der Waals surface area contributed by atoms with E-state index in [9.17, 15) is 8.78 Å². The van der Waals surface area contributed by atoms with E-state index in [4.69, 9.17) is 10.9 Å². The van der Waals surface area contributed by atoms with Gasteiger partial charge in [-0.3, -0.25) is 4.99 Å². The number of halogens is 2. The number of hydrogen-bond donors (Lipinski definition) is 3. The van der Waals surface area contributed by atoms with Gasteiger partial charge in [-0.05, 0) is 55.2 Å². The first kappa shape index (κ1) is 16.3. The van der Waals surface area contributed by atoms with Gasteiger partial charge in [0.05, 0.1) is 11.9 Å². The highest BCUT2D eigenvalue weighted by atomic mass is 19.1. The summed E-state index contributed by atoms with van der Waals surface area (Å²) in [4.78, 5) is 4.10. The highest BCUT2D eigenvalue weighted by Crippen LogP contribution is 2.55. The molecule has 1 heterocycles. The van der Waals surface area contributed by atoms with Gasteiger partial charge in [-0.2, -0.15) is 0 Å². The van der Waals surface area contributed by atoms with E-state index >= 15 is 0 Å². The average molecular weight is 323 g/mol. The quantitative estimate of drug-likeness (QED) is 0.730. The second-order valence-corrected chi connectivity index (χ2v) is 6.97. The van der Waals surface area contributed by atoms with Crippen LogP contribution in [0.15, 0.2) is 23.2 Å². The first-order valence-electron chi connectivity index (χ1n) is 8.17. The molecule has 23 heavy (non-hydrogen) atoms. The Balaban J connectivity index is 0.000000149. The first-order chi connectivity index (χ1) is 11.0. The van der Waals surface area contributed by atoms with Crippen molar-refractivity contribution in [3.63, 3.8) is 0 Å². The molecule has 1 aliphatic heterocycles. The minimum Gasteiger partial charge on any atom is -0.387 e. The topological polar surface area (TPSA) is 70.6 Å². The summed E-state index contributed by atoms with van der Waals surface area (Å²) >= 11 is 0. The molecule has 3 aliphatic rings. The molecule has 0 bridgehead atoms. The van der Waals surface area contributed by atoms with Crippen molar-refractivity contribution in [1.82, 2.24) is 5.48 Å². The van der Waals surface area contributed by atoms with Crippen LogP contribution < -0.4 is 11.2 Å². The van der Waals surface area contributed by atoms with Gasteiger partial charge >= 0.3 is 0 Å². The Kier molecular flexibility index (Phi) is 4.64. The van der Waals surface area contributed by atoms with Crippen LogP contribution in [0.5, 0.6) is 0 Å². The number of aliphatic imine (C=N–C) groups is 1. The lowest BCUT2D eigenvalue weighted by molar-refractivity contribution is -0.0496. The van der Waals surface area contributed by atoms with Gasteiger partial charge in [0.1, 0.15) is 11.6 Å². The Labute approximate surface area is 134 Å². The molecule has 4 nitrogen and oxygen atoms in total. The monoisotopic (exact) mass is 323 g/mol. The Morgan fingerprint density at radius 3 is 2.26 bits per heavy atom. The molecule has 2 aliphatic carbocycles. The fourth-order valence-corrected chi connectivity index (χ4v) is 3.78. The van der Waals surface area contributed by atoms with E-state index in [-0.39, 0.29) is 6.04 Å². The molecule has 6 heteroatoms. The zero-order chi connectivity index (χ0) is 16.4. The van der Waals surface area contributed by atoms with E-state index in [1.807, 2.05) is 0 Å². The lowest BCUT2D eigenvalue weighted by atomic mass is 9.54. The summed E-state index contributed by atoms with van der Waals surface area (Å²) in [6, 6.07) is 3.70. The number of nitrogens with zero attached hydrogens (tertiary/aromatic N) is 1. The number of amidine groups is 1. The van der Waals surface area contributed by atoms with Gasteiger partial charge in [0.15, 0.2) is 0 Å². The van der Waals surface area contributed by atoms with Crippen molar-refractivity contribution in [3.05, 3.63) is 35.4 Å². The van der Waals surface area contributed by atoms with Crippen LogP contribution in [0.1, 0.15) is 56.6 Å². The third kappa shape index (κ3) is 3.70. The molecule has 4 N–H and O–H groups in total. The smallest absolute Gasteiger partial charge is 0.126 e. The molecule has 126 valence electrons. The molecule has 0 unspecified atom stereocenters. The lowest BCUT2D eigenvalue weighted by Gasteiger charge is -2.53. The van der Waals surface area contributed by atoms with Gasteiger partial charge in [-0.15, -0.1) is 0 Å². The van der Waals surface area contributed by atoms with Crippen LogP contribution in [-0.4, -0.2) is 17.1 Å². The summed E-state index contributed by atoms with van der Waals surface area (Å²) in [5.74, 6) is -0.582. The molecule has 2 saturated carbocycles. The number of rotatable bonds is 2. The summed E-state index contributed by atoms with van der Waals surface area (Å²) in [7, 11) is 0. The van der Waals surface area contributed by atoms with Crippen molar-refractivity contribution >= 4 is 5.84 Å². The predicted molar refractivity (Wildman–Crippen MR) is 84.2 cm³/mol. The number of nitrogens with one attached hydrogen (secondary N) is 1. The van der Waals surface area contributed by atoms with Crippen molar-refractivity contribution in [2.75, 3.05) is 0 Å². The molecule has 2 fully saturated rings. The molecule has 4 rings (SSSR count). The van der Waals surface area contributed by atoms with Gasteiger partial charge in [0.25, 0.3) is 0 Å². The highest BCUT2D eigenvalue weighted by Gasteiger charge is 2.47. The normalized spacial score (nSPS) is 25.2. The fraction of sp³-hybridized carbons (Fsp3) is 0.588. The van der Waals surface area contributed by atoms with Crippen LogP contribution in [0.3, 0.4) is 0 Å². The Morgan fingerprint density at radius 2 is 1.83 bits per heavy atom. The van der Waals surface area contributed by atoms with Crippen molar-refractivity contribution in [1.29, 1.82) is 0 Å².